The molecule has 2 aromatic heterocycles. The van der Waals surface area contributed by atoms with Crippen molar-refractivity contribution >= 4 is 11.3 Å². The summed E-state index contributed by atoms with van der Waals surface area (Å²) in [5.41, 5.74) is 4.27. The fraction of sp³-hybridized carbons (Fsp3) is 0.318. The third kappa shape index (κ3) is 4.25. The average molecular weight is 368 g/mol. The summed E-state index contributed by atoms with van der Waals surface area (Å²) in [5.74, 6) is 0.918. The van der Waals surface area contributed by atoms with Crippen LogP contribution in [0.15, 0.2) is 47.3 Å². The third-order valence-electron chi connectivity index (χ3n) is 4.65. The first-order valence-electron chi connectivity index (χ1n) is 9.05. The maximum absolute atomic E-state index is 11.9. The topological polar surface area (TPSA) is 42.1 Å². The number of hydrogen-bond acceptors (Lipinski definition) is 3. The van der Waals surface area contributed by atoms with Gasteiger partial charge in [0, 0.05) is 26.6 Å². The van der Waals surface area contributed by atoms with Gasteiger partial charge in [0.25, 0.3) is 5.56 Å². The second-order valence-corrected chi connectivity index (χ2v) is 7.66. The molecule has 26 heavy (non-hydrogen) atoms. The molecule has 1 aromatic carbocycles. The Morgan fingerprint density at radius 1 is 1.12 bits per heavy atom. The van der Waals surface area contributed by atoms with Gasteiger partial charge >= 0.3 is 0 Å². The lowest BCUT2D eigenvalue weighted by atomic mass is 10.1. The van der Waals surface area contributed by atoms with Crippen molar-refractivity contribution < 1.29 is 4.74 Å². The van der Waals surface area contributed by atoms with Crippen molar-refractivity contribution in [1.29, 1.82) is 0 Å². The molecule has 0 bridgehead atoms. The molecule has 3 nitrogen and oxygen atoms in total. The van der Waals surface area contributed by atoms with Crippen LogP contribution in [0, 0.1) is 6.92 Å². The lowest BCUT2D eigenvalue weighted by Crippen LogP contribution is -2.13. The summed E-state index contributed by atoms with van der Waals surface area (Å²) in [4.78, 5) is 17.5. The largest absolute Gasteiger partial charge is 0.497 e. The average Bonchev–Trinajstić information content (AvgIpc) is 3.10. The van der Waals surface area contributed by atoms with Crippen molar-refractivity contribution in [2.45, 2.75) is 39.5 Å². The number of rotatable bonds is 7. The molecular weight excluding hydrogens is 342 g/mol. The monoisotopic (exact) mass is 367 g/mol. The smallest absolute Gasteiger partial charge is 0.251 e. The molecule has 1 N–H and O–H groups in total. The van der Waals surface area contributed by atoms with Gasteiger partial charge in [-0.05, 0) is 68.5 Å². The van der Waals surface area contributed by atoms with Crippen LogP contribution in [-0.4, -0.2) is 12.1 Å². The van der Waals surface area contributed by atoms with Crippen molar-refractivity contribution in [1.82, 2.24) is 4.98 Å². The van der Waals surface area contributed by atoms with E-state index in [0.717, 1.165) is 48.3 Å². The first-order valence-corrected chi connectivity index (χ1v) is 9.87. The number of nitrogens with one attached hydrogen (secondary N) is 1. The Morgan fingerprint density at radius 2 is 1.96 bits per heavy atom. The summed E-state index contributed by atoms with van der Waals surface area (Å²) in [7, 11) is 1.70. The number of ether oxygens (including phenoxy) is 1. The molecule has 0 saturated carbocycles. The lowest BCUT2D eigenvalue weighted by molar-refractivity contribution is 0.414. The Balaban J connectivity index is 1.67. The van der Waals surface area contributed by atoms with Gasteiger partial charge < -0.3 is 9.72 Å². The Hall–Kier alpha value is -2.33. The summed E-state index contributed by atoms with van der Waals surface area (Å²) >= 11 is 1.82. The van der Waals surface area contributed by atoms with Gasteiger partial charge in [-0.15, -0.1) is 11.3 Å². The minimum atomic E-state index is 0.0313. The van der Waals surface area contributed by atoms with E-state index in [1.54, 1.807) is 7.11 Å². The van der Waals surface area contributed by atoms with E-state index in [1.807, 2.05) is 43.4 Å². The number of H-pyrrole nitrogens is 1. The van der Waals surface area contributed by atoms with Crippen LogP contribution in [0.3, 0.4) is 0 Å². The van der Waals surface area contributed by atoms with E-state index < -0.39 is 0 Å². The van der Waals surface area contributed by atoms with Crippen molar-refractivity contribution in [3.8, 4) is 16.2 Å². The highest BCUT2D eigenvalue weighted by molar-refractivity contribution is 7.15. The Bertz CT molecular complexity index is 939. The van der Waals surface area contributed by atoms with E-state index in [0.29, 0.717) is 0 Å². The fourth-order valence-corrected chi connectivity index (χ4v) is 4.26. The molecule has 0 aliphatic carbocycles. The number of methoxy groups -OCH3 is 1. The molecule has 0 radical (unpaired) electrons. The maximum Gasteiger partial charge on any atom is 0.251 e. The van der Waals surface area contributed by atoms with E-state index in [4.69, 9.17) is 4.74 Å². The highest BCUT2D eigenvalue weighted by Crippen LogP contribution is 2.30. The fourth-order valence-electron chi connectivity index (χ4n) is 3.14. The van der Waals surface area contributed by atoms with Gasteiger partial charge in [0.1, 0.15) is 5.75 Å². The number of benzene rings is 1. The second kappa shape index (κ2) is 8.37. The van der Waals surface area contributed by atoms with Crippen LogP contribution in [0.5, 0.6) is 5.75 Å². The number of thiophene rings is 1. The number of hydrogen-bond donors (Lipinski definition) is 1. The molecule has 2 heterocycles. The maximum atomic E-state index is 11.9. The van der Waals surface area contributed by atoms with Gasteiger partial charge in [0.05, 0.1) is 7.11 Å². The molecule has 136 valence electrons. The molecule has 0 spiro atoms. The molecule has 0 fully saturated rings. The predicted octanol–water partition coefficient (Wildman–Crippen LogP) is 5.16. The summed E-state index contributed by atoms with van der Waals surface area (Å²) in [5, 5.41) is 0. The van der Waals surface area contributed by atoms with Gasteiger partial charge in [0.2, 0.25) is 0 Å². The molecule has 0 aliphatic heterocycles. The summed E-state index contributed by atoms with van der Waals surface area (Å²) in [6.07, 6.45) is 3.96. The molecule has 0 amide bonds. The van der Waals surface area contributed by atoms with Crippen LogP contribution in [0.25, 0.3) is 10.4 Å². The molecule has 0 aliphatic rings. The number of pyridine rings is 1. The molecule has 3 rings (SSSR count). The number of aromatic nitrogens is 1. The van der Waals surface area contributed by atoms with Crippen LogP contribution in [0.4, 0.5) is 0 Å². The second-order valence-electron chi connectivity index (χ2n) is 6.49. The van der Waals surface area contributed by atoms with Gasteiger partial charge in [0.15, 0.2) is 0 Å². The van der Waals surface area contributed by atoms with Gasteiger partial charge in [-0.1, -0.05) is 19.1 Å². The Kier molecular flexibility index (Phi) is 5.94. The molecule has 4 heteroatoms. The Labute approximate surface area is 158 Å². The van der Waals surface area contributed by atoms with Crippen LogP contribution in [0.1, 0.15) is 35.0 Å². The van der Waals surface area contributed by atoms with Crippen molar-refractivity contribution in [3.05, 3.63) is 74.5 Å². The summed E-state index contributed by atoms with van der Waals surface area (Å²) in [6.45, 7) is 3.99. The number of aryl methyl sites for hydroxylation is 4. The zero-order chi connectivity index (χ0) is 18.5. The highest BCUT2D eigenvalue weighted by Gasteiger charge is 2.09. The predicted molar refractivity (Wildman–Crippen MR) is 110 cm³/mol. The standard InChI is InChI=1S/C22H25NO2S/c1-4-17-14-20(15(2)23-22(17)24)21-12-11-19(26-21)10-6-8-16-7-5-9-18(13-16)25-3/h5,7,9,11-14H,4,6,8,10H2,1-3H3,(H,23,24). The molecule has 0 saturated heterocycles. The quantitative estimate of drug-likeness (QED) is 0.627. The van der Waals surface area contributed by atoms with Crippen LogP contribution in [-0.2, 0) is 19.3 Å². The first kappa shape index (κ1) is 18.5. The van der Waals surface area contributed by atoms with E-state index in [1.165, 1.54) is 15.3 Å². The SMILES string of the molecule is CCc1cc(-c2ccc(CCCc3cccc(OC)c3)s2)c(C)[nH]c1=O. The van der Waals surface area contributed by atoms with Crippen molar-refractivity contribution in [2.24, 2.45) is 0 Å². The van der Waals surface area contributed by atoms with E-state index in [2.05, 4.69) is 29.2 Å². The highest BCUT2D eigenvalue weighted by atomic mass is 32.1. The van der Waals surface area contributed by atoms with Crippen molar-refractivity contribution in [3.63, 3.8) is 0 Å². The summed E-state index contributed by atoms with van der Waals surface area (Å²) < 4.78 is 5.29. The molecular formula is C22H25NO2S. The molecule has 3 aromatic rings. The van der Waals surface area contributed by atoms with Crippen molar-refractivity contribution in [2.75, 3.05) is 7.11 Å². The van der Waals surface area contributed by atoms with E-state index >= 15 is 0 Å². The van der Waals surface area contributed by atoms with E-state index in [9.17, 15) is 4.79 Å². The minimum absolute atomic E-state index is 0.0313. The third-order valence-corrected chi connectivity index (χ3v) is 5.82. The number of aromatic amines is 1. The van der Waals surface area contributed by atoms with Gasteiger partial charge in [-0.25, -0.2) is 0 Å². The van der Waals surface area contributed by atoms with Crippen LogP contribution < -0.4 is 10.3 Å². The molecule has 0 atom stereocenters. The van der Waals surface area contributed by atoms with Crippen LogP contribution in [0.2, 0.25) is 0 Å². The van der Waals surface area contributed by atoms with Gasteiger partial charge in [-0.3, -0.25) is 4.79 Å². The molecule has 0 unspecified atom stereocenters. The first-order chi connectivity index (χ1) is 12.6. The lowest BCUT2D eigenvalue weighted by Gasteiger charge is -2.06. The zero-order valence-electron chi connectivity index (χ0n) is 15.6. The van der Waals surface area contributed by atoms with Gasteiger partial charge in [-0.2, -0.15) is 0 Å². The zero-order valence-corrected chi connectivity index (χ0v) is 16.4. The van der Waals surface area contributed by atoms with E-state index in [-0.39, 0.29) is 5.56 Å². The van der Waals surface area contributed by atoms with Crippen LogP contribution >= 0.6 is 11.3 Å². The minimum Gasteiger partial charge on any atom is -0.497 e. The Morgan fingerprint density at radius 3 is 2.73 bits per heavy atom. The summed E-state index contributed by atoms with van der Waals surface area (Å²) in [6, 6.07) is 14.7. The normalized spacial score (nSPS) is 10.9.